The molecule has 27 heavy (non-hydrogen) atoms. The molecule has 0 bridgehead atoms. The van der Waals surface area contributed by atoms with Crippen LogP contribution in [0.15, 0.2) is 48.5 Å². The van der Waals surface area contributed by atoms with Crippen molar-refractivity contribution in [2.24, 2.45) is 0 Å². The van der Waals surface area contributed by atoms with E-state index in [-0.39, 0.29) is 11.7 Å². The third-order valence-electron chi connectivity index (χ3n) is 5.20. The molecule has 0 saturated carbocycles. The lowest BCUT2D eigenvalue weighted by Gasteiger charge is -2.32. The van der Waals surface area contributed by atoms with Gasteiger partial charge in [-0.05, 0) is 30.3 Å². The van der Waals surface area contributed by atoms with Crippen LogP contribution in [0.3, 0.4) is 0 Å². The second-order valence-electron chi connectivity index (χ2n) is 6.95. The number of fused-ring (bicyclic) bond motifs is 1. The number of carbonyl (C=O) groups is 1. The summed E-state index contributed by atoms with van der Waals surface area (Å²) in [4.78, 5) is 19.2. The predicted molar refractivity (Wildman–Crippen MR) is 102 cm³/mol. The molecule has 0 radical (unpaired) electrons. The first-order valence-corrected chi connectivity index (χ1v) is 9.17. The normalized spacial score (nSPS) is 15.3. The maximum Gasteiger partial charge on any atom is 0.270 e. The quantitative estimate of drug-likeness (QED) is 0.739. The van der Waals surface area contributed by atoms with E-state index in [1.165, 1.54) is 17.0 Å². The number of halogens is 1. The number of aromatic amines is 1. The molecule has 2 aromatic carbocycles. The third kappa shape index (κ3) is 3.66. The van der Waals surface area contributed by atoms with Gasteiger partial charge < -0.3 is 19.5 Å². The fourth-order valence-electron chi connectivity index (χ4n) is 3.72. The number of rotatable bonds is 4. The van der Waals surface area contributed by atoms with Gasteiger partial charge in [0.05, 0.1) is 38.9 Å². The Morgan fingerprint density at radius 3 is 2.70 bits per heavy atom. The van der Waals surface area contributed by atoms with E-state index in [4.69, 9.17) is 4.74 Å². The number of piperazine rings is 1. The molecule has 1 aromatic heterocycles. The van der Waals surface area contributed by atoms with E-state index >= 15 is 0 Å². The molecule has 2 N–H and O–H groups in total. The van der Waals surface area contributed by atoms with Crippen molar-refractivity contribution in [2.45, 2.75) is 6.54 Å². The fraction of sp³-hybridized carbons (Fsp3) is 0.286. The zero-order valence-corrected chi connectivity index (χ0v) is 15.3. The molecule has 6 heteroatoms. The number of H-pyrrole nitrogens is 1. The number of nitrogens with one attached hydrogen (secondary N) is 2. The van der Waals surface area contributed by atoms with Crippen LogP contribution >= 0.6 is 0 Å². The summed E-state index contributed by atoms with van der Waals surface area (Å²) in [6.45, 7) is 3.70. The number of hydrogen-bond donors (Lipinski definition) is 2. The highest BCUT2D eigenvalue weighted by Gasteiger charge is 2.26. The van der Waals surface area contributed by atoms with Gasteiger partial charge in [0.2, 0.25) is 0 Å². The Bertz CT molecular complexity index is 928. The molecule has 3 aromatic rings. The van der Waals surface area contributed by atoms with Gasteiger partial charge in [0, 0.05) is 10.9 Å². The Morgan fingerprint density at radius 2 is 1.96 bits per heavy atom. The number of amides is 1. The molecule has 0 unspecified atom stereocenters. The van der Waals surface area contributed by atoms with E-state index in [9.17, 15) is 9.18 Å². The van der Waals surface area contributed by atoms with Crippen LogP contribution in [0.4, 0.5) is 4.39 Å². The van der Waals surface area contributed by atoms with Crippen LogP contribution in [0.1, 0.15) is 16.1 Å². The lowest BCUT2D eigenvalue weighted by atomic mass is 10.1. The highest BCUT2D eigenvalue weighted by Crippen LogP contribution is 2.19. The van der Waals surface area contributed by atoms with Gasteiger partial charge in [-0.15, -0.1) is 0 Å². The summed E-state index contributed by atoms with van der Waals surface area (Å²) in [7, 11) is 1.60. The zero-order valence-electron chi connectivity index (χ0n) is 15.3. The smallest absolute Gasteiger partial charge is 0.270 e. The van der Waals surface area contributed by atoms with Gasteiger partial charge in [0.15, 0.2) is 0 Å². The van der Waals surface area contributed by atoms with E-state index in [0.29, 0.717) is 31.1 Å². The summed E-state index contributed by atoms with van der Waals surface area (Å²) in [6, 6.07) is 14.4. The number of hydrogen-bond acceptors (Lipinski definition) is 2. The van der Waals surface area contributed by atoms with Crippen LogP contribution in [0.2, 0.25) is 0 Å². The number of para-hydroxylation sites is 1. The number of carbonyl (C=O) groups excluding carboxylic acids is 1. The molecule has 0 spiro atoms. The minimum Gasteiger partial charge on any atom is -0.496 e. The summed E-state index contributed by atoms with van der Waals surface area (Å²) in [5.74, 6) is 0.492. The van der Waals surface area contributed by atoms with Crippen LogP contribution in [0, 0.1) is 5.82 Å². The molecule has 1 aliphatic heterocycles. The number of quaternary nitrogens is 1. The zero-order chi connectivity index (χ0) is 18.8. The minimum atomic E-state index is -0.252. The van der Waals surface area contributed by atoms with Crippen molar-refractivity contribution in [3.63, 3.8) is 0 Å². The van der Waals surface area contributed by atoms with Gasteiger partial charge in [0.1, 0.15) is 23.8 Å². The Labute approximate surface area is 157 Å². The first-order valence-electron chi connectivity index (χ1n) is 9.17. The van der Waals surface area contributed by atoms with Crippen LogP contribution in [0.5, 0.6) is 5.75 Å². The topological polar surface area (TPSA) is 49.8 Å². The highest BCUT2D eigenvalue weighted by molar-refractivity contribution is 5.98. The Morgan fingerprint density at radius 1 is 1.19 bits per heavy atom. The SMILES string of the molecule is COc1ccc(F)cc1C[NH+]1CCN(C(=O)c2cc3ccccc3[nH]2)CC1. The molecule has 1 aliphatic rings. The van der Waals surface area contributed by atoms with Gasteiger partial charge >= 0.3 is 0 Å². The minimum absolute atomic E-state index is 0.0357. The maximum absolute atomic E-state index is 13.6. The van der Waals surface area contributed by atoms with E-state index in [1.807, 2.05) is 35.2 Å². The van der Waals surface area contributed by atoms with Crippen molar-refractivity contribution >= 4 is 16.8 Å². The lowest BCUT2D eigenvalue weighted by Crippen LogP contribution is -3.13. The number of ether oxygens (including phenoxy) is 1. The van der Waals surface area contributed by atoms with Crippen molar-refractivity contribution in [3.05, 3.63) is 65.6 Å². The summed E-state index contributed by atoms with van der Waals surface area (Å²) in [6.07, 6.45) is 0. The van der Waals surface area contributed by atoms with Gasteiger partial charge in [0.25, 0.3) is 5.91 Å². The second-order valence-corrected chi connectivity index (χ2v) is 6.95. The van der Waals surface area contributed by atoms with Gasteiger partial charge in [-0.1, -0.05) is 18.2 Å². The molecule has 0 atom stereocenters. The molecular weight excluding hydrogens is 345 g/mol. The monoisotopic (exact) mass is 368 g/mol. The molecule has 140 valence electrons. The van der Waals surface area contributed by atoms with Gasteiger partial charge in [-0.2, -0.15) is 0 Å². The van der Waals surface area contributed by atoms with Crippen LogP contribution in [-0.4, -0.2) is 49.1 Å². The molecule has 1 saturated heterocycles. The van der Waals surface area contributed by atoms with Crippen molar-refractivity contribution in [2.75, 3.05) is 33.3 Å². The summed E-state index contributed by atoms with van der Waals surface area (Å²) >= 11 is 0. The van der Waals surface area contributed by atoms with Crippen LogP contribution < -0.4 is 9.64 Å². The third-order valence-corrected chi connectivity index (χ3v) is 5.20. The first kappa shape index (κ1) is 17.5. The molecule has 4 rings (SSSR count). The van der Waals surface area contributed by atoms with Crippen LogP contribution in [-0.2, 0) is 6.54 Å². The van der Waals surface area contributed by atoms with Crippen molar-refractivity contribution in [1.29, 1.82) is 0 Å². The summed E-state index contributed by atoms with van der Waals surface area (Å²) in [5, 5.41) is 1.04. The van der Waals surface area contributed by atoms with Crippen molar-refractivity contribution in [1.82, 2.24) is 9.88 Å². The summed E-state index contributed by atoms with van der Waals surface area (Å²) in [5.41, 5.74) is 2.47. The Hall–Kier alpha value is -2.86. The Kier molecular flexibility index (Phi) is 4.81. The molecule has 0 aliphatic carbocycles. The van der Waals surface area contributed by atoms with Gasteiger partial charge in [-0.25, -0.2) is 4.39 Å². The Balaban J connectivity index is 1.40. The molecule has 1 amide bonds. The highest BCUT2D eigenvalue weighted by atomic mass is 19.1. The van der Waals surface area contributed by atoms with E-state index < -0.39 is 0 Å². The number of benzene rings is 2. The molecule has 2 heterocycles. The molecule has 1 fully saturated rings. The van der Waals surface area contributed by atoms with E-state index in [0.717, 1.165) is 29.6 Å². The van der Waals surface area contributed by atoms with E-state index in [2.05, 4.69) is 4.98 Å². The van der Waals surface area contributed by atoms with Crippen molar-refractivity contribution in [3.8, 4) is 5.75 Å². The standard InChI is InChI=1S/C21H22FN3O2/c1-27-20-7-6-17(22)12-16(20)14-24-8-10-25(11-9-24)21(26)19-13-15-4-2-3-5-18(15)23-19/h2-7,12-13,23H,8-11,14H2,1H3/p+1. The number of aromatic nitrogens is 1. The lowest BCUT2D eigenvalue weighted by molar-refractivity contribution is -0.917. The maximum atomic E-state index is 13.6. The molecular formula is C21H23FN3O2+. The van der Waals surface area contributed by atoms with E-state index in [1.54, 1.807) is 13.2 Å². The first-order chi connectivity index (χ1) is 13.1. The average molecular weight is 368 g/mol. The van der Waals surface area contributed by atoms with Crippen LogP contribution in [0.25, 0.3) is 10.9 Å². The summed E-state index contributed by atoms with van der Waals surface area (Å²) < 4.78 is 18.9. The fourth-order valence-corrected chi connectivity index (χ4v) is 3.72. The molecule has 5 nitrogen and oxygen atoms in total. The number of nitrogens with zero attached hydrogens (tertiary/aromatic N) is 1. The number of methoxy groups -OCH3 is 1. The van der Waals surface area contributed by atoms with Gasteiger partial charge in [-0.3, -0.25) is 4.79 Å². The predicted octanol–water partition coefficient (Wildman–Crippen LogP) is 1.86. The average Bonchev–Trinajstić information content (AvgIpc) is 3.12. The second kappa shape index (κ2) is 7.40. The van der Waals surface area contributed by atoms with Crippen molar-refractivity contribution < 1.29 is 18.8 Å². The largest absolute Gasteiger partial charge is 0.496 e.